The molecular weight excluding hydrogens is 288 g/mol. The van der Waals surface area contributed by atoms with Crippen LogP contribution in [0.25, 0.3) is 0 Å². The first-order valence-electron chi connectivity index (χ1n) is 8.26. The Morgan fingerprint density at radius 2 is 0.429 bits per heavy atom. The van der Waals surface area contributed by atoms with Crippen molar-refractivity contribution in [3.63, 3.8) is 0 Å². The standard InChI is InChI=1S/4C5H11.Ti/c4*1-4-5(2)3;/h4*4-5H,1-3H3;/q4*-1;+4. The Bertz CT molecular complexity index is 93.8. The van der Waals surface area contributed by atoms with Gasteiger partial charge < -0.3 is 25.7 Å². The molecule has 0 atom stereocenters. The first-order chi connectivity index (χ1) is 9.08. The smallest absolute Gasteiger partial charge is 0.329 e. The molecule has 0 aliphatic carbocycles. The fourth-order valence-corrected chi connectivity index (χ4v) is 0. The minimum atomic E-state index is 0. The zero-order chi connectivity index (χ0) is 17.1. The van der Waals surface area contributed by atoms with E-state index in [1.165, 1.54) is 0 Å². The second-order valence-corrected chi connectivity index (χ2v) is 6.31. The fourth-order valence-electron chi connectivity index (χ4n) is 0. The van der Waals surface area contributed by atoms with Gasteiger partial charge in [0.05, 0.1) is 0 Å². The first kappa shape index (κ1) is 33.4. The number of hydrogen-bond acceptors (Lipinski definition) is 0. The molecule has 0 aliphatic rings. The van der Waals surface area contributed by atoms with E-state index in [2.05, 4.69) is 109 Å². The van der Waals surface area contributed by atoms with Crippen molar-refractivity contribution in [1.82, 2.24) is 0 Å². The average molecular weight is 332 g/mol. The summed E-state index contributed by atoms with van der Waals surface area (Å²) in [6, 6.07) is 0. The molecule has 0 rings (SSSR count). The van der Waals surface area contributed by atoms with Crippen molar-refractivity contribution in [3.8, 4) is 0 Å². The topological polar surface area (TPSA) is 0 Å². The maximum absolute atomic E-state index is 2.17. The molecule has 0 saturated carbocycles. The molecule has 0 amide bonds. The zero-order valence-electron chi connectivity index (χ0n) is 17.1. The van der Waals surface area contributed by atoms with Crippen molar-refractivity contribution < 1.29 is 21.7 Å². The van der Waals surface area contributed by atoms with Crippen molar-refractivity contribution in [1.29, 1.82) is 0 Å². The Balaban J connectivity index is -0.0000000533. The predicted octanol–water partition coefficient (Wildman–Crippen LogP) is 7.46. The van der Waals surface area contributed by atoms with E-state index in [9.17, 15) is 0 Å². The molecular formula is C20H44Ti. The van der Waals surface area contributed by atoms with Gasteiger partial charge in [-0.3, -0.25) is 0 Å². The van der Waals surface area contributed by atoms with E-state index in [0.29, 0.717) is 0 Å². The zero-order valence-corrected chi connectivity index (χ0v) is 18.7. The van der Waals surface area contributed by atoms with Gasteiger partial charge in [-0.1, -0.05) is 55.4 Å². The van der Waals surface area contributed by atoms with Gasteiger partial charge in [-0.05, 0) is 0 Å². The van der Waals surface area contributed by atoms with Gasteiger partial charge in [-0.15, -0.1) is 0 Å². The Kier molecular flexibility index (Phi) is 45.8. The summed E-state index contributed by atoms with van der Waals surface area (Å²) in [5, 5.41) is 0. The van der Waals surface area contributed by atoms with Crippen molar-refractivity contribution in [2.45, 2.75) is 83.1 Å². The van der Waals surface area contributed by atoms with Crippen LogP contribution in [0.4, 0.5) is 0 Å². The van der Waals surface area contributed by atoms with Gasteiger partial charge in [0.1, 0.15) is 0 Å². The Morgan fingerprint density at radius 3 is 0.429 bits per heavy atom. The van der Waals surface area contributed by atoms with Crippen LogP contribution in [0.3, 0.4) is 0 Å². The van der Waals surface area contributed by atoms with Crippen molar-refractivity contribution in [2.75, 3.05) is 0 Å². The monoisotopic (exact) mass is 332 g/mol. The van der Waals surface area contributed by atoms with Gasteiger partial charge in [0.15, 0.2) is 0 Å². The maximum Gasteiger partial charge on any atom is 4.00 e. The SMILES string of the molecule is C[CH-]C(C)C.C[CH-]C(C)C.C[CH-]C(C)C.C[CH-]C(C)C.[Ti+4]. The molecule has 0 aromatic carbocycles. The fraction of sp³-hybridized carbons (Fsp3) is 0.800. The first-order valence-corrected chi connectivity index (χ1v) is 8.26. The Labute approximate surface area is 154 Å². The number of hydrogen-bond donors (Lipinski definition) is 0. The maximum atomic E-state index is 2.17. The molecule has 0 fully saturated rings. The molecule has 0 aliphatic heterocycles. The van der Waals surface area contributed by atoms with Gasteiger partial charge in [0, 0.05) is 0 Å². The summed E-state index contributed by atoms with van der Waals surface area (Å²) in [5.74, 6) is 3.04. The molecule has 1 heteroatoms. The van der Waals surface area contributed by atoms with Crippen LogP contribution in [0.2, 0.25) is 0 Å². The minimum absolute atomic E-state index is 0. The molecule has 0 heterocycles. The van der Waals surface area contributed by atoms with E-state index in [0.717, 1.165) is 23.7 Å². The van der Waals surface area contributed by atoms with Crippen LogP contribution in [0.15, 0.2) is 0 Å². The van der Waals surface area contributed by atoms with E-state index in [1.54, 1.807) is 0 Å². The van der Waals surface area contributed by atoms with Gasteiger partial charge in [-0.25, -0.2) is 0 Å². The molecule has 0 radical (unpaired) electrons. The third kappa shape index (κ3) is 95.5. The van der Waals surface area contributed by atoms with Gasteiger partial charge in [0.25, 0.3) is 0 Å². The van der Waals surface area contributed by atoms with E-state index < -0.39 is 0 Å². The normalized spacial score (nSPS) is 9.14. The molecule has 21 heavy (non-hydrogen) atoms. The third-order valence-electron chi connectivity index (χ3n) is 2.67. The third-order valence-corrected chi connectivity index (χ3v) is 2.67. The van der Waals surface area contributed by atoms with E-state index in [-0.39, 0.29) is 21.7 Å². The molecule has 0 N–H and O–H groups in total. The minimum Gasteiger partial charge on any atom is -0.329 e. The van der Waals surface area contributed by atoms with Gasteiger partial charge in [0.2, 0.25) is 0 Å². The van der Waals surface area contributed by atoms with Crippen LogP contribution in [-0.2, 0) is 21.7 Å². The van der Waals surface area contributed by atoms with Crippen LogP contribution < -0.4 is 0 Å². The Morgan fingerprint density at radius 1 is 0.381 bits per heavy atom. The summed E-state index contributed by atoms with van der Waals surface area (Å²) in [4.78, 5) is 0. The van der Waals surface area contributed by atoms with Crippen molar-refractivity contribution in [2.24, 2.45) is 23.7 Å². The Hall–Kier alpha value is 0.714. The van der Waals surface area contributed by atoms with Crippen molar-refractivity contribution in [3.05, 3.63) is 25.7 Å². The van der Waals surface area contributed by atoms with E-state index >= 15 is 0 Å². The molecule has 0 saturated heterocycles. The van der Waals surface area contributed by atoms with Crippen LogP contribution in [0.1, 0.15) is 83.1 Å². The molecule has 0 bridgehead atoms. The molecule has 0 unspecified atom stereocenters. The second-order valence-electron chi connectivity index (χ2n) is 6.31. The second kappa shape index (κ2) is 28.8. The average Bonchev–Trinajstić information content (AvgIpc) is 2.40. The summed E-state index contributed by atoms with van der Waals surface area (Å²) in [5.41, 5.74) is 0. The van der Waals surface area contributed by atoms with Crippen molar-refractivity contribution >= 4 is 0 Å². The van der Waals surface area contributed by atoms with E-state index in [4.69, 9.17) is 0 Å². The van der Waals surface area contributed by atoms with Crippen LogP contribution >= 0.6 is 0 Å². The molecule has 0 spiro atoms. The van der Waals surface area contributed by atoms with Crippen LogP contribution in [0.5, 0.6) is 0 Å². The number of rotatable bonds is 4. The summed E-state index contributed by atoms with van der Waals surface area (Å²) in [7, 11) is 0. The summed E-state index contributed by atoms with van der Waals surface area (Å²) in [6.07, 6.45) is 8.67. The van der Waals surface area contributed by atoms with E-state index in [1.807, 2.05) is 0 Å². The van der Waals surface area contributed by atoms with Gasteiger partial charge in [-0.2, -0.15) is 51.4 Å². The van der Waals surface area contributed by atoms with Crippen LogP contribution in [0, 0.1) is 49.4 Å². The quantitative estimate of drug-likeness (QED) is 0.370. The molecule has 0 nitrogen and oxygen atoms in total. The summed E-state index contributed by atoms with van der Waals surface area (Å²) < 4.78 is 0. The molecule has 0 aromatic rings. The molecule has 0 aromatic heterocycles. The molecule has 128 valence electrons. The largest absolute Gasteiger partial charge is 4.00 e. The van der Waals surface area contributed by atoms with Crippen LogP contribution in [-0.4, -0.2) is 0 Å². The summed E-state index contributed by atoms with van der Waals surface area (Å²) >= 11 is 0. The summed E-state index contributed by atoms with van der Waals surface area (Å²) in [6.45, 7) is 25.6. The predicted molar refractivity (Wildman–Crippen MR) is 99.2 cm³/mol. The van der Waals surface area contributed by atoms with Gasteiger partial charge >= 0.3 is 21.7 Å².